The highest BCUT2D eigenvalue weighted by molar-refractivity contribution is 5.99. The average Bonchev–Trinajstić information content (AvgIpc) is 3.13. The molecule has 0 radical (unpaired) electrons. The molecule has 2 aliphatic heterocycles. The van der Waals surface area contributed by atoms with Crippen LogP contribution in [-0.4, -0.2) is 50.4 Å². The smallest absolute Gasteiger partial charge is 0.219 e. The van der Waals surface area contributed by atoms with Crippen LogP contribution in [0.3, 0.4) is 0 Å². The lowest BCUT2D eigenvalue weighted by Gasteiger charge is -2.29. The van der Waals surface area contributed by atoms with E-state index < -0.39 is 0 Å². The SMILES string of the molecule is CC(=O)N1CCc2c(c(-c3ccc(O)c4ccncc34)nn2C2CCOCC2)C1. The second-order valence-electron chi connectivity index (χ2n) is 7.81. The Kier molecular flexibility index (Phi) is 4.47. The van der Waals surface area contributed by atoms with E-state index in [1.54, 1.807) is 25.4 Å². The molecule has 4 heterocycles. The van der Waals surface area contributed by atoms with Gasteiger partial charge in [0.15, 0.2) is 0 Å². The minimum atomic E-state index is 0.0812. The number of phenols is 1. The molecule has 7 heteroatoms. The fraction of sp³-hybridized carbons (Fsp3) is 0.409. The number of benzene rings is 1. The summed E-state index contributed by atoms with van der Waals surface area (Å²) in [6.45, 7) is 4.40. The second-order valence-corrected chi connectivity index (χ2v) is 7.81. The molecule has 0 aliphatic carbocycles. The number of pyridine rings is 1. The lowest BCUT2D eigenvalue weighted by Crippen LogP contribution is -2.35. The number of aromatic hydroxyl groups is 1. The maximum atomic E-state index is 12.1. The van der Waals surface area contributed by atoms with Crippen molar-refractivity contribution in [2.45, 2.75) is 38.8 Å². The van der Waals surface area contributed by atoms with Gasteiger partial charge in [-0.2, -0.15) is 5.10 Å². The first-order chi connectivity index (χ1) is 14.1. The molecule has 2 aromatic heterocycles. The molecule has 0 unspecified atom stereocenters. The van der Waals surface area contributed by atoms with Gasteiger partial charge in [0, 0.05) is 79.6 Å². The monoisotopic (exact) mass is 392 g/mol. The van der Waals surface area contributed by atoms with Gasteiger partial charge >= 0.3 is 0 Å². The maximum Gasteiger partial charge on any atom is 0.219 e. The topological polar surface area (TPSA) is 80.5 Å². The van der Waals surface area contributed by atoms with E-state index in [-0.39, 0.29) is 11.7 Å². The first-order valence-corrected chi connectivity index (χ1v) is 10.1. The van der Waals surface area contributed by atoms with Crippen LogP contribution in [0.15, 0.2) is 30.6 Å². The first-order valence-electron chi connectivity index (χ1n) is 10.1. The van der Waals surface area contributed by atoms with E-state index in [1.807, 2.05) is 17.0 Å². The predicted molar refractivity (Wildman–Crippen MR) is 109 cm³/mol. The Morgan fingerprint density at radius 3 is 2.83 bits per heavy atom. The van der Waals surface area contributed by atoms with Crippen LogP contribution in [-0.2, 0) is 22.5 Å². The molecule has 0 spiro atoms. The molecule has 3 aromatic rings. The van der Waals surface area contributed by atoms with Gasteiger partial charge in [-0.25, -0.2) is 0 Å². The molecule has 0 saturated carbocycles. The highest BCUT2D eigenvalue weighted by Gasteiger charge is 2.30. The summed E-state index contributed by atoms with van der Waals surface area (Å²) in [5, 5.41) is 17.0. The van der Waals surface area contributed by atoms with Crippen molar-refractivity contribution in [1.29, 1.82) is 0 Å². The lowest BCUT2D eigenvalue weighted by atomic mass is 9.97. The van der Waals surface area contributed by atoms with Crippen LogP contribution in [0.1, 0.15) is 37.1 Å². The summed E-state index contributed by atoms with van der Waals surface area (Å²) in [5.74, 6) is 0.312. The average molecular weight is 392 g/mol. The Balaban J connectivity index is 1.70. The lowest BCUT2D eigenvalue weighted by molar-refractivity contribution is -0.129. The molecular formula is C22H24N4O3. The Bertz CT molecular complexity index is 1090. The van der Waals surface area contributed by atoms with Crippen molar-refractivity contribution in [1.82, 2.24) is 19.7 Å². The van der Waals surface area contributed by atoms with Crippen molar-refractivity contribution in [3.05, 3.63) is 41.9 Å². The summed E-state index contributed by atoms with van der Waals surface area (Å²) in [6, 6.07) is 5.75. The molecule has 1 fully saturated rings. The minimum Gasteiger partial charge on any atom is -0.507 e. The number of nitrogens with zero attached hydrogens (tertiary/aromatic N) is 4. The number of carbonyl (C=O) groups is 1. The molecule has 1 N–H and O–H groups in total. The zero-order chi connectivity index (χ0) is 20.0. The molecule has 7 nitrogen and oxygen atoms in total. The Morgan fingerprint density at radius 1 is 1.21 bits per heavy atom. The van der Waals surface area contributed by atoms with Crippen LogP contribution < -0.4 is 0 Å². The number of fused-ring (bicyclic) bond motifs is 2. The Morgan fingerprint density at radius 2 is 2.03 bits per heavy atom. The molecule has 150 valence electrons. The van der Waals surface area contributed by atoms with E-state index in [2.05, 4.69) is 9.67 Å². The summed E-state index contributed by atoms with van der Waals surface area (Å²) in [7, 11) is 0. The zero-order valence-corrected chi connectivity index (χ0v) is 16.5. The molecule has 1 saturated heterocycles. The standard InChI is InChI=1S/C22H24N4O3/c1-14(27)25-9-5-20-19(13-25)22(24-26(20)15-6-10-29-11-7-15)17-2-3-21(28)16-4-8-23-12-18(16)17/h2-4,8,12,15,28H,5-7,9-11,13H2,1H3. The van der Waals surface area contributed by atoms with Gasteiger partial charge in [-0.1, -0.05) is 0 Å². The largest absolute Gasteiger partial charge is 0.507 e. The number of aromatic nitrogens is 3. The van der Waals surface area contributed by atoms with Gasteiger partial charge in [0.1, 0.15) is 5.75 Å². The van der Waals surface area contributed by atoms with Gasteiger partial charge in [-0.3, -0.25) is 14.5 Å². The number of hydrogen-bond acceptors (Lipinski definition) is 5. The third kappa shape index (κ3) is 3.06. The van der Waals surface area contributed by atoms with Crippen molar-refractivity contribution in [3.8, 4) is 17.0 Å². The van der Waals surface area contributed by atoms with Crippen LogP contribution in [0.4, 0.5) is 0 Å². The van der Waals surface area contributed by atoms with Crippen molar-refractivity contribution < 1.29 is 14.6 Å². The molecule has 1 aromatic carbocycles. The highest BCUT2D eigenvalue weighted by atomic mass is 16.5. The van der Waals surface area contributed by atoms with Crippen LogP contribution >= 0.6 is 0 Å². The number of phenolic OH excluding ortho intramolecular Hbond substituents is 1. The molecule has 1 amide bonds. The van der Waals surface area contributed by atoms with Crippen LogP contribution in [0.2, 0.25) is 0 Å². The third-order valence-electron chi connectivity index (χ3n) is 6.12. The normalized spacial score (nSPS) is 17.5. The van der Waals surface area contributed by atoms with E-state index in [4.69, 9.17) is 9.84 Å². The summed E-state index contributed by atoms with van der Waals surface area (Å²) < 4.78 is 7.73. The molecule has 29 heavy (non-hydrogen) atoms. The van der Waals surface area contributed by atoms with Gasteiger partial charge in [0.05, 0.1) is 11.7 Å². The van der Waals surface area contributed by atoms with Gasteiger partial charge in [-0.05, 0) is 31.0 Å². The van der Waals surface area contributed by atoms with Gasteiger partial charge < -0.3 is 14.7 Å². The fourth-order valence-corrected chi connectivity index (χ4v) is 4.54. The third-order valence-corrected chi connectivity index (χ3v) is 6.12. The van der Waals surface area contributed by atoms with E-state index >= 15 is 0 Å². The van der Waals surface area contributed by atoms with Crippen molar-refractivity contribution >= 4 is 16.7 Å². The van der Waals surface area contributed by atoms with E-state index in [0.717, 1.165) is 60.1 Å². The molecule has 0 atom stereocenters. The highest BCUT2D eigenvalue weighted by Crippen LogP contribution is 2.38. The van der Waals surface area contributed by atoms with E-state index in [1.165, 1.54) is 5.69 Å². The van der Waals surface area contributed by atoms with E-state index in [9.17, 15) is 9.90 Å². The fourth-order valence-electron chi connectivity index (χ4n) is 4.54. The molecular weight excluding hydrogens is 368 g/mol. The van der Waals surface area contributed by atoms with Gasteiger partial charge in [0.25, 0.3) is 0 Å². The quantitative estimate of drug-likeness (QED) is 0.725. The number of amides is 1. The van der Waals surface area contributed by atoms with Crippen LogP contribution in [0.25, 0.3) is 22.0 Å². The molecule has 5 rings (SSSR count). The van der Waals surface area contributed by atoms with Crippen molar-refractivity contribution in [2.24, 2.45) is 0 Å². The summed E-state index contributed by atoms with van der Waals surface area (Å²) >= 11 is 0. The summed E-state index contributed by atoms with van der Waals surface area (Å²) in [4.78, 5) is 18.2. The van der Waals surface area contributed by atoms with E-state index in [0.29, 0.717) is 19.1 Å². The number of carbonyl (C=O) groups excluding carboxylic acids is 1. The number of hydrogen-bond donors (Lipinski definition) is 1. The molecule has 2 aliphatic rings. The van der Waals surface area contributed by atoms with Gasteiger partial charge in [0.2, 0.25) is 5.91 Å². The minimum absolute atomic E-state index is 0.0812. The van der Waals surface area contributed by atoms with Crippen LogP contribution in [0, 0.1) is 0 Å². The molecule has 0 bridgehead atoms. The Hall–Kier alpha value is -2.93. The number of ether oxygens (including phenoxy) is 1. The summed E-state index contributed by atoms with van der Waals surface area (Å²) in [5.41, 5.74) is 4.15. The summed E-state index contributed by atoms with van der Waals surface area (Å²) in [6.07, 6.45) is 6.15. The number of rotatable bonds is 2. The predicted octanol–water partition coefficient (Wildman–Crippen LogP) is 3.06. The second kappa shape index (κ2) is 7.15. The zero-order valence-electron chi connectivity index (χ0n) is 16.5. The maximum absolute atomic E-state index is 12.1. The van der Waals surface area contributed by atoms with Crippen molar-refractivity contribution in [3.63, 3.8) is 0 Å². The van der Waals surface area contributed by atoms with Crippen LogP contribution in [0.5, 0.6) is 5.75 Å². The van der Waals surface area contributed by atoms with Crippen molar-refractivity contribution in [2.75, 3.05) is 19.8 Å². The first kappa shape index (κ1) is 18.1. The van der Waals surface area contributed by atoms with Gasteiger partial charge in [-0.15, -0.1) is 0 Å². The Labute approximate surface area is 168 Å².